The van der Waals surface area contributed by atoms with E-state index in [1.807, 2.05) is 60.7 Å². The van der Waals surface area contributed by atoms with Crippen LogP contribution in [0.4, 0.5) is 0 Å². The highest BCUT2D eigenvalue weighted by atomic mass is 79.9. The summed E-state index contributed by atoms with van der Waals surface area (Å²) in [6, 6.07) is 41.2. The number of rotatable bonds is 4. The van der Waals surface area contributed by atoms with Crippen molar-refractivity contribution in [2.24, 2.45) is 0 Å². The molecule has 0 unspecified atom stereocenters. The summed E-state index contributed by atoms with van der Waals surface area (Å²) in [6.07, 6.45) is 0. The van der Waals surface area contributed by atoms with Gasteiger partial charge in [0.25, 0.3) is 0 Å². The molecule has 0 aliphatic carbocycles. The summed E-state index contributed by atoms with van der Waals surface area (Å²) < 4.78 is 1.10. The molecular formula is C31H20BrN3. The zero-order chi connectivity index (χ0) is 23.6. The van der Waals surface area contributed by atoms with Crippen LogP contribution in [0.1, 0.15) is 0 Å². The predicted molar refractivity (Wildman–Crippen MR) is 147 cm³/mol. The molecule has 0 saturated carbocycles. The summed E-state index contributed by atoms with van der Waals surface area (Å²) in [7, 11) is 0. The Morgan fingerprint density at radius 2 is 0.857 bits per heavy atom. The molecule has 35 heavy (non-hydrogen) atoms. The van der Waals surface area contributed by atoms with E-state index in [-0.39, 0.29) is 0 Å². The average molecular weight is 514 g/mol. The molecule has 0 amide bonds. The minimum atomic E-state index is 0.654. The smallest absolute Gasteiger partial charge is 0.164 e. The fourth-order valence-electron chi connectivity index (χ4n) is 4.19. The van der Waals surface area contributed by atoms with Gasteiger partial charge in [0.1, 0.15) is 0 Å². The second kappa shape index (κ2) is 9.24. The molecular weight excluding hydrogens is 494 g/mol. The Hall–Kier alpha value is -4.15. The van der Waals surface area contributed by atoms with Crippen molar-refractivity contribution < 1.29 is 0 Å². The maximum Gasteiger partial charge on any atom is 0.164 e. The van der Waals surface area contributed by atoms with Crippen molar-refractivity contribution in [3.8, 4) is 45.3 Å². The molecule has 0 radical (unpaired) electrons. The van der Waals surface area contributed by atoms with Gasteiger partial charge in [-0.15, -0.1) is 0 Å². The zero-order valence-electron chi connectivity index (χ0n) is 18.8. The molecule has 0 spiro atoms. The molecule has 0 aliphatic heterocycles. The lowest BCUT2D eigenvalue weighted by Crippen LogP contribution is -2.00. The van der Waals surface area contributed by atoms with Crippen molar-refractivity contribution in [3.63, 3.8) is 0 Å². The summed E-state index contributed by atoms with van der Waals surface area (Å²) in [5.41, 5.74) is 5.16. The SMILES string of the molecule is Brc1c(-c2ccc(-c3nc(-c4ccccc4)nc(-c4ccccc4)n3)cc2)ccc2ccccc12. The van der Waals surface area contributed by atoms with Crippen LogP contribution in [0.2, 0.25) is 0 Å². The number of fused-ring (bicyclic) bond motifs is 1. The predicted octanol–water partition coefficient (Wildman–Crippen LogP) is 8.46. The van der Waals surface area contributed by atoms with Crippen LogP contribution in [0.15, 0.2) is 126 Å². The normalized spacial score (nSPS) is 11.0. The Balaban J connectivity index is 1.44. The molecule has 166 valence electrons. The van der Waals surface area contributed by atoms with E-state index in [9.17, 15) is 0 Å². The van der Waals surface area contributed by atoms with Gasteiger partial charge >= 0.3 is 0 Å². The summed E-state index contributed by atoms with van der Waals surface area (Å²) in [6.45, 7) is 0. The third-order valence-corrected chi connectivity index (χ3v) is 6.87. The standard InChI is InChI=1S/C31H20BrN3/c32-28-26-14-8-7-9-21(26)19-20-27(28)22-15-17-25(18-16-22)31-34-29(23-10-3-1-4-11-23)33-30(35-31)24-12-5-2-6-13-24/h1-20H. The van der Waals surface area contributed by atoms with Gasteiger partial charge in [-0.2, -0.15) is 0 Å². The third kappa shape index (κ3) is 4.25. The molecule has 0 atom stereocenters. The van der Waals surface area contributed by atoms with Gasteiger partial charge in [-0.05, 0) is 37.8 Å². The van der Waals surface area contributed by atoms with Crippen molar-refractivity contribution in [1.29, 1.82) is 0 Å². The van der Waals surface area contributed by atoms with Crippen molar-refractivity contribution >= 4 is 26.7 Å². The molecule has 0 saturated heterocycles. The Bertz CT molecular complexity index is 1570. The van der Waals surface area contributed by atoms with Gasteiger partial charge in [0.15, 0.2) is 17.5 Å². The first-order valence-corrected chi connectivity index (χ1v) is 12.2. The Morgan fingerprint density at radius 3 is 1.43 bits per heavy atom. The zero-order valence-corrected chi connectivity index (χ0v) is 20.4. The number of aromatic nitrogens is 3. The average Bonchev–Trinajstić information content (AvgIpc) is 2.94. The fourth-order valence-corrected chi connectivity index (χ4v) is 4.92. The van der Waals surface area contributed by atoms with Crippen LogP contribution in [0.25, 0.3) is 56.1 Å². The summed E-state index contributed by atoms with van der Waals surface area (Å²) >= 11 is 3.82. The van der Waals surface area contributed by atoms with Crippen LogP contribution in [0, 0.1) is 0 Å². The fraction of sp³-hybridized carbons (Fsp3) is 0. The van der Waals surface area contributed by atoms with Crippen molar-refractivity contribution in [2.75, 3.05) is 0 Å². The topological polar surface area (TPSA) is 38.7 Å². The van der Waals surface area contributed by atoms with Gasteiger partial charge in [-0.1, -0.05) is 121 Å². The molecule has 4 heteroatoms. The highest BCUT2D eigenvalue weighted by Gasteiger charge is 2.13. The number of nitrogens with zero attached hydrogens (tertiary/aromatic N) is 3. The van der Waals surface area contributed by atoms with Gasteiger partial charge in [0.05, 0.1) is 0 Å². The molecule has 0 N–H and O–H groups in total. The lowest BCUT2D eigenvalue weighted by molar-refractivity contribution is 1.07. The first kappa shape index (κ1) is 21.4. The quantitative estimate of drug-likeness (QED) is 0.237. The highest BCUT2D eigenvalue weighted by molar-refractivity contribution is 9.10. The number of benzene rings is 5. The Kier molecular flexibility index (Phi) is 5.65. The molecule has 1 aromatic heterocycles. The Labute approximate surface area is 212 Å². The Morgan fingerprint density at radius 1 is 0.400 bits per heavy atom. The highest BCUT2D eigenvalue weighted by Crippen LogP contribution is 2.35. The number of hydrogen-bond acceptors (Lipinski definition) is 3. The molecule has 0 aliphatic rings. The van der Waals surface area contributed by atoms with Crippen LogP contribution in [-0.2, 0) is 0 Å². The summed E-state index contributed by atoms with van der Waals surface area (Å²) in [5.74, 6) is 1.98. The summed E-state index contributed by atoms with van der Waals surface area (Å²) in [5, 5.41) is 2.42. The lowest BCUT2D eigenvalue weighted by Gasteiger charge is -2.10. The first-order chi connectivity index (χ1) is 17.3. The minimum Gasteiger partial charge on any atom is -0.208 e. The molecule has 3 nitrogen and oxygen atoms in total. The largest absolute Gasteiger partial charge is 0.208 e. The van der Waals surface area contributed by atoms with E-state index in [1.165, 1.54) is 10.8 Å². The van der Waals surface area contributed by atoms with Crippen molar-refractivity contribution in [2.45, 2.75) is 0 Å². The molecule has 1 heterocycles. The molecule has 5 aromatic carbocycles. The van der Waals surface area contributed by atoms with Crippen molar-refractivity contribution in [1.82, 2.24) is 15.0 Å². The minimum absolute atomic E-state index is 0.654. The van der Waals surface area contributed by atoms with Gasteiger partial charge in [0, 0.05) is 21.2 Å². The molecule has 0 bridgehead atoms. The van der Waals surface area contributed by atoms with Crippen LogP contribution in [-0.4, -0.2) is 15.0 Å². The number of hydrogen-bond donors (Lipinski definition) is 0. The lowest BCUT2D eigenvalue weighted by atomic mass is 10.00. The van der Waals surface area contributed by atoms with Gasteiger partial charge in [-0.3, -0.25) is 0 Å². The summed E-state index contributed by atoms with van der Waals surface area (Å²) in [4.78, 5) is 14.4. The molecule has 6 aromatic rings. The van der Waals surface area contributed by atoms with E-state index in [1.54, 1.807) is 0 Å². The number of halogens is 1. The van der Waals surface area contributed by atoms with E-state index in [4.69, 9.17) is 15.0 Å². The van der Waals surface area contributed by atoms with E-state index in [0.29, 0.717) is 17.5 Å². The molecule has 6 rings (SSSR count). The maximum atomic E-state index is 4.83. The maximum absolute atomic E-state index is 4.83. The molecule has 0 fully saturated rings. The van der Waals surface area contributed by atoms with Gasteiger partial charge in [0.2, 0.25) is 0 Å². The van der Waals surface area contributed by atoms with Crippen LogP contribution < -0.4 is 0 Å². The van der Waals surface area contributed by atoms with E-state index < -0.39 is 0 Å². The monoisotopic (exact) mass is 513 g/mol. The van der Waals surface area contributed by atoms with Crippen LogP contribution in [0.3, 0.4) is 0 Å². The van der Waals surface area contributed by atoms with E-state index in [2.05, 4.69) is 76.6 Å². The van der Waals surface area contributed by atoms with Gasteiger partial charge in [-0.25, -0.2) is 15.0 Å². The third-order valence-electron chi connectivity index (χ3n) is 6.02. The van der Waals surface area contributed by atoms with Crippen molar-refractivity contribution in [3.05, 3.63) is 126 Å². The van der Waals surface area contributed by atoms with Gasteiger partial charge < -0.3 is 0 Å². The van der Waals surface area contributed by atoms with Crippen LogP contribution in [0.5, 0.6) is 0 Å². The second-order valence-electron chi connectivity index (χ2n) is 8.26. The van der Waals surface area contributed by atoms with E-state index >= 15 is 0 Å². The second-order valence-corrected chi connectivity index (χ2v) is 9.06. The first-order valence-electron chi connectivity index (χ1n) is 11.4. The van der Waals surface area contributed by atoms with Crippen LogP contribution >= 0.6 is 15.9 Å². The van der Waals surface area contributed by atoms with E-state index in [0.717, 1.165) is 32.3 Å².